The van der Waals surface area contributed by atoms with E-state index in [9.17, 15) is 4.39 Å². The summed E-state index contributed by atoms with van der Waals surface area (Å²) in [6, 6.07) is 4.66. The molecule has 0 atom stereocenters. The van der Waals surface area contributed by atoms with Crippen molar-refractivity contribution in [2.45, 2.75) is 20.4 Å². The van der Waals surface area contributed by atoms with E-state index < -0.39 is 0 Å². The number of nitrogens with one attached hydrogen (secondary N) is 1. The molecule has 0 bridgehead atoms. The lowest BCUT2D eigenvalue weighted by atomic mass is 10.2. The van der Waals surface area contributed by atoms with Crippen molar-refractivity contribution < 1.29 is 13.9 Å². The van der Waals surface area contributed by atoms with Crippen molar-refractivity contribution in [3.63, 3.8) is 0 Å². The molecule has 0 saturated heterocycles. The maximum Gasteiger partial charge on any atom is 0.189 e. The molecule has 0 aliphatic rings. The monoisotopic (exact) mass is 227 g/mol. The highest BCUT2D eigenvalue weighted by Gasteiger charge is 2.01. The molecule has 0 spiro atoms. The van der Waals surface area contributed by atoms with Crippen LogP contribution >= 0.6 is 0 Å². The maximum absolute atomic E-state index is 13.2. The smallest absolute Gasteiger partial charge is 0.189 e. The van der Waals surface area contributed by atoms with Gasteiger partial charge in [0.15, 0.2) is 6.79 Å². The van der Waals surface area contributed by atoms with E-state index in [1.54, 1.807) is 0 Å². The van der Waals surface area contributed by atoms with Crippen LogP contribution in [0.3, 0.4) is 0 Å². The third-order valence-corrected chi connectivity index (χ3v) is 2.02. The van der Waals surface area contributed by atoms with Crippen molar-refractivity contribution in [3.8, 4) is 5.75 Å². The second-order valence-corrected chi connectivity index (χ2v) is 3.33. The van der Waals surface area contributed by atoms with E-state index in [1.165, 1.54) is 12.1 Å². The molecular formula is C12H18FNO2. The van der Waals surface area contributed by atoms with Crippen LogP contribution in [0.25, 0.3) is 0 Å². The van der Waals surface area contributed by atoms with Gasteiger partial charge < -0.3 is 14.8 Å². The molecule has 1 rings (SSSR count). The van der Waals surface area contributed by atoms with Crippen LogP contribution in [0.1, 0.15) is 19.4 Å². The predicted octanol–water partition coefficient (Wildman–Crippen LogP) is 2.31. The van der Waals surface area contributed by atoms with E-state index in [1.807, 2.05) is 19.9 Å². The number of halogens is 1. The first kappa shape index (κ1) is 12.9. The first-order chi connectivity index (χ1) is 7.76. The minimum Gasteiger partial charge on any atom is -0.467 e. The molecule has 0 aromatic heterocycles. The van der Waals surface area contributed by atoms with Crippen molar-refractivity contribution in [1.82, 2.24) is 5.32 Å². The van der Waals surface area contributed by atoms with E-state index in [0.717, 1.165) is 12.1 Å². The van der Waals surface area contributed by atoms with Gasteiger partial charge in [-0.3, -0.25) is 0 Å². The molecule has 0 amide bonds. The summed E-state index contributed by atoms with van der Waals surface area (Å²) in [5.41, 5.74) is 0.869. The summed E-state index contributed by atoms with van der Waals surface area (Å²) in [6.45, 7) is 6.11. The molecule has 1 aromatic rings. The van der Waals surface area contributed by atoms with Gasteiger partial charge >= 0.3 is 0 Å². The summed E-state index contributed by atoms with van der Waals surface area (Å²) in [5.74, 6) is 0.211. The Morgan fingerprint density at radius 3 is 2.75 bits per heavy atom. The van der Waals surface area contributed by atoms with Gasteiger partial charge in [-0.1, -0.05) is 6.92 Å². The Labute approximate surface area is 95.6 Å². The Morgan fingerprint density at radius 1 is 1.25 bits per heavy atom. The van der Waals surface area contributed by atoms with Crippen LogP contribution in [0.15, 0.2) is 18.2 Å². The van der Waals surface area contributed by atoms with E-state index in [2.05, 4.69) is 5.32 Å². The summed E-state index contributed by atoms with van der Waals surface area (Å²) in [6.07, 6.45) is 0. The lowest BCUT2D eigenvalue weighted by molar-refractivity contribution is 0.0222. The van der Waals surface area contributed by atoms with Gasteiger partial charge in [-0.05, 0) is 31.2 Å². The highest BCUT2D eigenvalue weighted by molar-refractivity contribution is 5.29. The van der Waals surface area contributed by atoms with Crippen LogP contribution in [0.4, 0.5) is 4.39 Å². The molecule has 0 radical (unpaired) electrons. The molecule has 4 heteroatoms. The van der Waals surface area contributed by atoms with Gasteiger partial charge in [0, 0.05) is 19.2 Å². The Bertz CT molecular complexity index is 318. The van der Waals surface area contributed by atoms with Crippen LogP contribution in [0.5, 0.6) is 5.75 Å². The quantitative estimate of drug-likeness (QED) is 0.572. The fourth-order valence-electron chi connectivity index (χ4n) is 1.27. The summed E-state index contributed by atoms with van der Waals surface area (Å²) in [4.78, 5) is 0. The van der Waals surface area contributed by atoms with Gasteiger partial charge in [-0.25, -0.2) is 4.39 Å². The molecule has 3 nitrogen and oxygen atoms in total. The van der Waals surface area contributed by atoms with Gasteiger partial charge in [-0.15, -0.1) is 0 Å². The van der Waals surface area contributed by atoms with Crippen molar-refractivity contribution in [3.05, 3.63) is 29.6 Å². The molecule has 1 aromatic carbocycles. The van der Waals surface area contributed by atoms with E-state index in [4.69, 9.17) is 9.47 Å². The Morgan fingerprint density at radius 2 is 2.06 bits per heavy atom. The van der Waals surface area contributed by atoms with Gasteiger partial charge in [0.25, 0.3) is 0 Å². The fourth-order valence-corrected chi connectivity index (χ4v) is 1.27. The molecule has 0 unspecified atom stereocenters. The zero-order valence-electron chi connectivity index (χ0n) is 9.75. The highest BCUT2D eigenvalue weighted by Crippen LogP contribution is 2.16. The topological polar surface area (TPSA) is 30.5 Å². The normalized spacial score (nSPS) is 10.4. The standard InChI is InChI=1S/C12H18FNO2/c1-3-14-8-10-5-11(13)7-12(6-10)16-9-15-4-2/h5-7,14H,3-4,8-9H2,1-2H3. The van der Waals surface area contributed by atoms with Crippen molar-refractivity contribution in [1.29, 1.82) is 0 Å². The third-order valence-electron chi connectivity index (χ3n) is 2.02. The number of ether oxygens (including phenoxy) is 2. The summed E-state index contributed by atoms with van der Waals surface area (Å²) < 4.78 is 23.5. The van der Waals surface area contributed by atoms with E-state index >= 15 is 0 Å². The second kappa shape index (κ2) is 7.19. The first-order valence-corrected chi connectivity index (χ1v) is 5.47. The molecule has 90 valence electrons. The third kappa shape index (κ3) is 4.59. The summed E-state index contributed by atoms with van der Waals surface area (Å²) >= 11 is 0. The van der Waals surface area contributed by atoms with Crippen molar-refractivity contribution >= 4 is 0 Å². The van der Waals surface area contributed by atoms with Gasteiger partial charge in [0.1, 0.15) is 11.6 Å². The second-order valence-electron chi connectivity index (χ2n) is 3.33. The van der Waals surface area contributed by atoms with Gasteiger partial charge in [0.05, 0.1) is 0 Å². The molecule has 16 heavy (non-hydrogen) atoms. The van der Waals surface area contributed by atoms with E-state index in [0.29, 0.717) is 18.9 Å². The Kier molecular flexibility index (Phi) is 5.82. The van der Waals surface area contributed by atoms with Gasteiger partial charge in [0.2, 0.25) is 0 Å². The van der Waals surface area contributed by atoms with Crippen LogP contribution in [-0.4, -0.2) is 19.9 Å². The average molecular weight is 227 g/mol. The molecule has 0 aliphatic carbocycles. The number of hydrogen-bond acceptors (Lipinski definition) is 3. The maximum atomic E-state index is 13.2. The predicted molar refractivity (Wildman–Crippen MR) is 60.9 cm³/mol. The molecular weight excluding hydrogens is 209 g/mol. The van der Waals surface area contributed by atoms with Crippen molar-refractivity contribution in [2.24, 2.45) is 0 Å². The van der Waals surface area contributed by atoms with Crippen LogP contribution in [0.2, 0.25) is 0 Å². The van der Waals surface area contributed by atoms with E-state index in [-0.39, 0.29) is 12.6 Å². The molecule has 0 aliphatic heterocycles. The highest BCUT2D eigenvalue weighted by atomic mass is 19.1. The first-order valence-electron chi connectivity index (χ1n) is 5.47. The fraction of sp³-hybridized carbons (Fsp3) is 0.500. The minimum atomic E-state index is -0.290. The average Bonchev–Trinajstić information content (AvgIpc) is 2.26. The van der Waals surface area contributed by atoms with Gasteiger partial charge in [-0.2, -0.15) is 0 Å². The number of benzene rings is 1. The molecule has 1 N–H and O–H groups in total. The largest absolute Gasteiger partial charge is 0.467 e. The number of hydrogen-bond donors (Lipinski definition) is 1. The Balaban J connectivity index is 2.58. The zero-order valence-corrected chi connectivity index (χ0v) is 9.75. The molecule has 0 fully saturated rings. The SMILES string of the molecule is CCNCc1cc(F)cc(OCOCC)c1. The minimum absolute atomic E-state index is 0.153. The van der Waals surface area contributed by atoms with Crippen LogP contribution in [0, 0.1) is 5.82 Å². The Hall–Kier alpha value is -1.13. The zero-order chi connectivity index (χ0) is 11.8. The number of rotatable bonds is 7. The molecule has 0 saturated carbocycles. The molecule has 0 heterocycles. The van der Waals surface area contributed by atoms with Crippen LogP contribution in [-0.2, 0) is 11.3 Å². The van der Waals surface area contributed by atoms with Crippen LogP contribution < -0.4 is 10.1 Å². The summed E-state index contributed by atoms with van der Waals surface area (Å²) in [5, 5.41) is 3.13. The lowest BCUT2D eigenvalue weighted by Crippen LogP contribution is -2.12. The summed E-state index contributed by atoms with van der Waals surface area (Å²) in [7, 11) is 0. The van der Waals surface area contributed by atoms with Crippen molar-refractivity contribution in [2.75, 3.05) is 19.9 Å². The lowest BCUT2D eigenvalue weighted by Gasteiger charge is -2.08.